The Labute approximate surface area is 145 Å². The summed E-state index contributed by atoms with van der Waals surface area (Å²) < 4.78 is 33.6. The molecule has 3 aromatic rings. The van der Waals surface area contributed by atoms with Gasteiger partial charge < -0.3 is 10.1 Å². The van der Waals surface area contributed by atoms with E-state index < -0.39 is 10.0 Å². The van der Waals surface area contributed by atoms with E-state index in [0.717, 1.165) is 17.2 Å². The predicted octanol–water partition coefficient (Wildman–Crippen LogP) is 1.49. The minimum atomic E-state index is -3.48. The number of nitrogens with zero attached hydrogens (tertiary/aromatic N) is 4. The fourth-order valence-electron chi connectivity index (χ4n) is 2.72. The van der Waals surface area contributed by atoms with Crippen molar-refractivity contribution in [2.45, 2.75) is 4.90 Å². The van der Waals surface area contributed by atoms with Gasteiger partial charge in [-0.2, -0.15) is 13.9 Å². The van der Waals surface area contributed by atoms with Gasteiger partial charge in [0.25, 0.3) is 0 Å². The molecule has 0 aliphatic carbocycles. The summed E-state index contributed by atoms with van der Waals surface area (Å²) in [6.07, 6.45) is 3.36. The normalized spacial score (nSPS) is 16.2. The van der Waals surface area contributed by atoms with Crippen molar-refractivity contribution in [1.29, 1.82) is 0 Å². The van der Waals surface area contributed by atoms with E-state index in [1.54, 1.807) is 47.2 Å². The summed E-state index contributed by atoms with van der Waals surface area (Å²) in [6.45, 7) is 1.63. The molecule has 8 nitrogen and oxygen atoms in total. The van der Waals surface area contributed by atoms with Gasteiger partial charge in [-0.3, -0.25) is 0 Å². The van der Waals surface area contributed by atoms with Crippen molar-refractivity contribution < 1.29 is 13.2 Å². The monoisotopic (exact) mass is 359 g/mol. The molecule has 0 unspecified atom stereocenters. The first-order valence-electron chi connectivity index (χ1n) is 7.88. The Bertz CT molecular complexity index is 978. The molecule has 1 aliphatic rings. The number of aromatic nitrogens is 3. The lowest BCUT2D eigenvalue weighted by Gasteiger charge is -2.26. The molecular weight excluding hydrogens is 342 g/mol. The molecule has 0 spiro atoms. The average Bonchev–Trinajstić information content (AvgIpc) is 3.13. The molecule has 1 fully saturated rings. The summed E-state index contributed by atoms with van der Waals surface area (Å²) in [5.41, 5.74) is 1.50. The summed E-state index contributed by atoms with van der Waals surface area (Å²) in [4.78, 5) is 4.48. The van der Waals surface area contributed by atoms with Crippen LogP contribution in [0, 0.1) is 0 Å². The number of benzene rings is 1. The van der Waals surface area contributed by atoms with Crippen LogP contribution in [-0.2, 0) is 14.8 Å². The molecular formula is C16H17N5O3S. The number of anilines is 2. The third kappa shape index (κ3) is 3.09. The maximum absolute atomic E-state index is 12.6. The number of morpholine rings is 1. The number of fused-ring (bicyclic) bond motifs is 1. The lowest BCUT2D eigenvalue weighted by Crippen LogP contribution is -2.40. The van der Waals surface area contributed by atoms with Crippen molar-refractivity contribution in [2.24, 2.45) is 0 Å². The fourth-order valence-corrected chi connectivity index (χ4v) is 4.13. The molecule has 0 bridgehead atoms. The van der Waals surface area contributed by atoms with Crippen molar-refractivity contribution in [3.63, 3.8) is 0 Å². The van der Waals surface area contributed by atoms with E-state index in [1.807, 2.05) is 6.07 Å². The van der Waals surface area contributed by atoms with E-state index in [-0.39, 0.29) is 4.90 Å². The molecule has 0 atom stereocenters. The van der Waals surface area contributed by atoms with Crippen LogP contribution in [0.2, 0.25) is 0 Å². The number of sulfonamides is 1. The van der Waals surface area contributed by atoms with Crippen molar-refractivity contribution >= 4 is 27.2 Å². The Kier molecular flexibility index (Phi) is 4.12. The molecule has 1 aromatic carbocycles. The zero-order valence-corrected chi connectivity index (χ0v) is 14.2. The second kappa shape index (κ2) is 6.43. The Balaban J connectivity index is 1.57. The van der Waals surface area contributed by atoms with Crippen LogP contribution in [0.1, 0.15) is 0 Å². The van der Waals surface area contributed by atoms with Gasteiger partial charge in [0, 0.05) is 31.0 Å². The molecule has 25 heavy (non-hydrogen) atoms. The summed E-state index contributed by atoms with van der Waals surface area (Å²) >= 11 is 0. The van der Waals surface area contributed by atoms with E-state index in [2.05, 4.69) is 15.4 Å². The summed E-state index contributed by atoms with van der Waals surface area (Å²) in [5.74, 6) is 0.749. The van der Waals surface area contributed by atoms with Crippen molar-refractivity contribution in [3.8, 4) is 0 Å². The summed E-state index contributed by atoms with van der Waals surface area (Å²) in [7, 11) is -3.48. The molecule has 1 saturated heterocycles. The zero-order chi connectivity index (χ0) is 17.3. The number of rotatable bonds is 4. The molecule has 1 aliphatic heterocycles. The molecule has 130 valence electrons. The topological polar surface area (TPSA) is 88.8 Å². The highest BCUT2D eigenvalue weighted by Crippen LogP contribution is 2.22. The summed E-state index contributed by atoms with van der Waals surface area (Å²) in [6, 6.07) is 10.3. The third-order valence-corrected chi connectivity index (χ3v) is 5.94. The van der Waals surface area contributed by atoms with E-state index in [4.69, 9.17) is 4.74 Å². The minimum absolute atomic E-state index is 0.277. The van der Waals surface area contributed by atoms with Gasteiger partial charge in [-0.05, 0) is 30.3 Å². The van der Waals surface area contributed by atoms with Crippen LogP contribution in [0.4, 0.5) is 11.5 Å². The predicted molar refractivity (Wildman–Crippen MR) is 92.3 cm³/mol. The highest BCUT2D eigenvalue weighted by atomic mass is 32.2. The molecule has 2 aromatic heterocycles. The van der Waals surface area contributed by atoms with Crippen molar-refractivity contribution in [1.82, 2.24) is 18.9 Å². The number of ether oxygens (including phenoxy) is 1. The quantitative estimate of drug-likeness (QED) is 0.759. The van der Waals surface area contributed by atoms with E-state index in [0.29, 0.717) is 26.3 Å². The maximum Gasteiger partial charge on any atom is 0.243 e. The van der Waals surface area contributed by atoms with Gasteiger partial charge in [0.1, 0.15) is 5.82 Å². The maximum atomic E-state index is 12.6. The second-order valence-corrected chi connectivity index (χ2v) is 7.54. The largest absolute Gasteiger partial charge is 0.379 e. The highest BCUT2D eigenvalue weighted by Gasteiger charge is 2.26. The smallest absolute Gasteiger partial charge is 0.243 e. The molecule has 3 heterocycles. The number of hydrogen-bond acceptors (Lipinski definition) is 6. The Morgan fingerprint density at radius 3 is 2.52 bits per heavy atom. The minimum Gasteiger partial charge on any atom is -0.379 e. The van der Waals surface area contributed by atoms with Crippen LogP contribution in [0.25, 0.3) is 5.65 Å². The second-order valence-electron chi connectivity index (χ2n) is 5.60. The van der Waals surface area contributed by atoms with Gasteiger partial charge in [0.2, 0.25) is 10.0 Å². The van der Waals surface area contributed by atoms with Crippen molar-refractivity contribution in [3.05, 3.63) is 48.8 Å². The third-order valence-electron chi connectivity index (χ3n) is 4.02. The average molecular weight is 359 g/mol. The van der Waals surface area contributed by atoms with Crippen LogP contribution in [0.3, 0.4) is 0 Å². The van der Waals surface area contributed by atoms with Gasteiger partial charge in [-0.1, -0.05) is 0 Å². The Morgan fingerprint density at radius 1 is 1.00 bits per heavy atom. The number of hydrogen-bond donors (Lipinski definition) is 1. The molecule has 0 radical (unpaired) electrons. The fraction of sp³-hybridized carbons (Fsp3) is 0.250. The lowest BCUT2D eigenvalue weighted by atomic mass is 10.3. The van der Waals surface area contributed by atoms with Crippen LogP contribution in [-0.4, -0.2) is 53.6 Å². The first-order chi connectivity index (χ1) is 12.1. The van der Waals surface area contributed by atoms with Crippen LogP contribution in [0.15, 0.2) is 53.7 Å². The lowest BCUT2D eigenvalue weighted by molar-refractivity contribution is 0.0730. The first-order valence-corrected chi connectivity index (χ1v) is 9.32. The zero-order valence-electron chi connectivity index (χ0n) is 13.4. The standard InChI is InChI=1S/C16H17N5O3S/c22-25(23,20-9-11-24-12-10-20)14-3-1-13(2-4-14)19-16-5-7-17-15-6-8-18-21(15)16/h1-8,19H,9-12H2. The van der Waals surface area contributed by atoms with Crippen LogP contribution < -0.4 is 5.32 Å². The SMILES string of the molecule is O=S(=O)(c1ccc(Nc2ccnc3ccnn23)cc1)N1CCOCC1. The van der Waals surface area contributed by atoms with Gasteiger partial charge >= 0.3 is 0 Å². The van der Waals surface area contributed by atoms with Crippen LogP contribution in [0.5, 0.6) is 0 Å². The van der Waals surface area contributed by atoms with E-state index in [1.165, 1.54) is 4.31 Å². The molecule has 0 amide bonds. The molecule has 9 heteroatoms. The summed E-state index contributed by atoms with van der Waals surface area (Å²) in [5, 5.41) is 7.43. The van der Waals surface area contributed by atoms with Crippen LogP contribution >= 0.6 is 0 Å². The first kappa shape index (κ1) is 16.0. The highest BCUT2D eigenvalue weighted by molar-refractivity contribution is 7.89. The van der Waals surface area contributed by atoms with Gasteiger partial charge in [-0.15, -0.1) is 0 Å². The van der Waals surface area contributed by atoms with E-state index >= 15 is 0 Å². The van der Waals surface area contributed by atoms with E-state index in [9.17, 15) is 8.42 Å². The van der Waals surface area contributed by atoms with Crippen molar-refractivity contribution in [2.75, 3.05) is 31.6 Å². The number of nitrogens with one attached hydrogen (secondary N) is 1. The van der Waals surface area contributed by atoms with Gasteiger partial charge in [-0.25, -0.2) is 13.4 Å². The molecule has 1 N–H and O–H groups in total. The van der Waals surface area contributed by atoms with Gasteiger partial charge in [0.05, 0.1) is 24.3 Å². The molecule has 4 rings (SSSR count). The Morgan fingerprint density at radius 2 is 1.76 bits per heavy atom. The van der Waals surface area contributed by atoms with Gasteiger partial charge in [0.15, 0.2) is 5.65 Å². The molecule has 0 saturated carbocycles. The Hall–Kier alpha value is -2.49.